The van der Waals surface area contributed by atoms with Gasteiger partial charge in [0.05, 0.1) is 11.1 Å². The van der Waals surface area contributed by atoms with Gasteiger partial charge in [0.25, 0.3) is 11.8 Å². The van der Waals surface area contributed by atoms with Crippen molar-refractivity contribution in [3.8, 4) is 0 Å². The molecule has 1 saturated heterocycles. The molecular formula is C16H20N2O2. The van der Waals surface area contributed by atoms with Gasteiger partial charge in [0, 0.05) is 19.6 Å². The predicted octanol–water partition coefficient (Wildman–Crippen LogP) is 2.05. The molecule has 0 radical (unpaired) electrons. The van der Waals surface area contributed by atoms with Crippen LogP contribution in [0.15, 0.2) is 18.2 Å². The summed E-state index contributed by atoms with van der Waals surface area (Å²) in [7, 11) is 0. The van der Waals surface area contributed by atoms with Crippen LogP contribution in [0, 0.1) is 11.3 Å². The van der Waals surface area contributed by atoms with Crippen molar-refractivity contribution in [2.45, 2.75) is 27.3 Å². The molecule has 2 amide bonds. The van der Waals surface area contributed by atoms with E-state index in [-0.39, 0.29) is 17.2 Å². The molecule has 4 heteroatoms. The number of benzene rings is 1. The molecule has 4 nitrogen and oxygen atoms in total. The second-order valence-corrected chi connectivity index (χ2v) is 6.80. The van der Waals surface area contributed by atoms with Gasteiger partial charge in [0.1, 0.15) is 0 Å². The first kappa shape index (κ1) is 13.2. The summed E-state index contributed by atoms with van der Waals surface area (Å²) in [5.41, 5.74) is 2.27. The molecule has 106 valence electrons. The van der Waals surface area contributed by atoms with Gasteiger partial charge in [0.15, 0.2) is 0 Å². The molecule has 1 aromatic carbocycles. The van der Waals surface area contributed by atoms with Crippen molar-refractivity contribution in [2.75, 3.05) is 13.1 Å². The van der Waals surface area contributed by atoms with Crippen LogP contribution < -0.4 is 5.32 Å². The summed E-state index contributed by atoms with van der Waals surface area (Å²) in [5.74, 6) is 0.397. The molecular weight excluding hydrogens is 252 g/mol. The monoisotopic (exact) mass is 272 g/mol. The van der Waals surface area contributed by atoms with Gasteiger partial charge in [-0.2, -0.15) is 0 Å². The van der Waals surface area contributed by atoms with E-state index in [1.165, 1.54) is 0 Å². The lowest BCUT2D eigenvalue weighted by atomic mass is 9.76. The van der Waals surface area contributed by atoms with Crippen LogP contribution >= 0.6 is 0 Å². The zero-order valence-electron chi connectivity index (χ0n) is 12.2. The average Bonchev–Trinajstić information content (AvgIpc) is 2.67. The van der Waals surface area contributed by atoms with E-state index in [9.17, 15) is 9.59 Å². The summed E-state index contributed by atoms with van der Waals surface area (Å²) >= 11 is 0. The number of amides is 2. The van der Waals surface area contributed by atoms with E-state index in [0.717, 1.165) is 18.7 Å². The quantitative estimate of drug-likeness (QED) is 0.850. The van der Waals surface area contributed by atoms with Crippen LogP contribution in [-0.4, -0.2) is 29.8 Å². The van der Waals surface area contributed by atoms with Crippen molar-refractivity contribution in [2.24, 2.45) is 11.3 Å². The van der Waals surface area contributed by atoms with Crippen molar-refractivity contribution < 1.29 is 9.59 Å². The summed E-state index contributed by atoms with van der Waals surface area (Å²) in [6.45, 7) is 8.70. The van der Waals surface area contributed by atoms with Crippen LogP contribution in [0.5, 0.6) is 0 Å². The highest BCUT2D eigenvalue weighted by Gasteiger charge is 2.39. The lowest BCUT2D eigenvalue weighted by Crippen LogP contribution is -2.54. The van der Waals surface area contributed by atoms with Crippen molar-refractivity contribution in [1.29, 1.82) is 0 Å². The van der Waals surface area contributed by atoms with E-state index in [1.54, 1.807) is 6.07 Å². The normalized spacial score (nSPS) is 18.6. The third-order valence-electron chi connectivity index (χ3n) is 4.44. The Labute approximate surface area is 119 Å². The standard InChI is InChI=1S/C16H20N2O2/c1-16(2,3)11-8-18(9-11)15(20)12-6-4-5-10-7-17-14(19)13(10)12/h4-6,11H,7-9H2,1-3H3,(H,17,19). The van der Waals surface area contributed by atoms with Gasteiger partial charge in [-0.25, -0.2) is 0 Å². The summed E-state index contributed by atoms with van der Waals surface area (Å²) in [6.07, 6.45) is 0. The number of carbonyl (C=O) groups excluding carboxylic acids is 2. The Morgan fingerprint density at radius 2 is 2.00 bits per heavy atom. The van der Waals surface area contributed by atoms with Gasteiger partial charge in [-0.1, -0.05) is 32.9 Å². The topological polar surface area (TPSA) is 49.4 Å². The third kappa shape index (κ3) is 1.99. The molecule has 2 aliphatic heterocycles. The zero-order chi connectivity index (χ0) is 14.5. The van der Waals surface area contributed by atoms with E-state index >= 15 is 0 Å². The SMILES string of the molecule is CC(C)(C)C1CN(C(=O)c2cccc3c2C(=O)NC3)C1. The van der Waals surface area contributed by atoms with Crippen molar-refractivity contribution in [3.05, 3.63) is 34.9 Å². The number of hydrogen-bond acceptors (Lipinski definition) is 2. The highest BCUT2D eigenvalue weighted by atomic mass is 16.2. The number of fused-ring (bicyclic) bond motifs is 1. The Hall–Kier alpha value is -1.84. The molecule has 2 heterocycles. The van der Waals surface area contributed by atoms with Crippen LogP contribution in [0.25, 0.3) is 0 Å². The molecule has 0 atom stereocenters. The predicted molar refractivity (Wildman–Crippen MR) is 76.5 cm³/mol. The Balaban J connectivity index is 1.81. The number of rotatable bonds is 1. The number of nitrogens with one attached hydrogen (secondary N) is 1. The Kier molecular flexibility index (Phi) is 2.85. The zero-order valence-corrected chi connectivity index (χ0v) is 12.2. The van der Waals surface area contributed by atoms with Gasteiger partial charge in [0.2, 0.25) is 0 Å². The summed E-state index contributed by atoms with van der Waals surface area (Å²) in [5, 5.41) is 2.78. The van der Waals surface area contributed by atoms with E-state index in [1.807, 2.05) is 17.0 Å². The lowest BCUT2D eigenvalue weighted by Gasteiger charge is -2.46. The van der Waals surface area contributed by atoms with Crippen molar-refractivity contribution >= 4 is 11.8 Å². The second-order valence-electron chi connectivity index (χ2n) is 6.80. The molecule has 0 bridgehead atoms. The molecule has 2 aliphatic rings. The first-order chi connectivity index (χ1) is 9.38. The van der Waals surface area contributed by atoms with E-state index in [2.05, 4.69) is 26.1 Å². The maximum Gasteiger partial charge on any atom is 0.254 e. The van der Waals surface area contributed by atoms with Crippen LogP contribution in [0.1, 0.15) is 47.1 Å². The first-order valence-electron chi connectivity index (χ1n) is 7.07. The van der Waals surface area contributed by atoms with Gasteiger partial charge in [-0.15, -0.1) is 0 Å². The Morgan fingerprint density at radius 1 is 1.30 bits per heavy atom. The maximum atomic E-state index is 12.6. The van der Waals surface area contributed by atoms with Gasteiger partial charge < -0.3 is 10.2 Å². The molecule has 1 N–H and O–H groups in total. The fourth-order valence-corrected chi connectivity index (χ4v) is 2.82. The van der Waals surface area contributed by atoms with E-state index < -0.39 is 0 Å². The second kappa shape index (κ2) is 4.33. The lowest BCUT2D eigenvalue weighted by molar-refractivity contribution is 0.0209. The summed E-state index contributed by atoms with van der Waals surface area (Å²) in [4.78, 5) is 26.3. The number of nitrogens with zero attached hydrogens (tertiary/aromatic N) is 1. The Bertz CT molecular complexity index is 581. The molecule has 0 saturated carbocycles. The van der Waals surface area contributed by atoms with Crippen LogP contribution in [-0.2, 0) is 6.54 Å². The minimum absolute atomic E-state index is 0.0144. The molecule has 0 spiro atoms. The van der Waals surface area contributed by atoms with Gasteiger partial charge in [-0.05, 0) is 23.0 Å². The average molecular weight is 272 g/mol. The molecule has 0 unspecified atom stereocenters. The van der Waals surface area contributed by atoms with E-state index in [0.29, 0.717) is 23.6 Å². The number of carbonyl (C=O) groups is 2. The fraction of sp³-hybridized carbons (Fsp3) is 0.500. The smallest absolute Gasteiger partial charge is 0.254 e. The third-order valence-corrected chi connectivity index (χ3v) is 4.44. The first-order valence-corrected chi connectivity index (χ1v) is 7.07. The van der Waals surface area contributed by atoms with Gasteiger partial charge in [-0.3, -0.25) is 9.59 Å². The molecule has 1 aromatic rings. The molecule has 0 aromatic heterocycles. The largest absolute Gasteiger partial charge is 0.348 e. The van der Waals surface area contributed by atoms with Gasteiger partial charge >= 0.3 is 0 Å². The number of likely N-dealkylation sites (tertiary alicyclic amines) is 1. The minimum Gasteiger partial charge on any atom is -0.348 e. The van der Waals surface area contributed by atoms with Crippen LogP contribution in [0.2, 0.25) is 0 Å². The highest BCUT2D eigenvalue weighted by molar-refractivity contribution is 6.09. The highest BCUT2D eigenvalue weighted by Crippen LogP contribution is 2.34. The van der Waals surface area contributed by atoms with Crippen LogP contribution in [0.3, 0.4) is 0 Å². The Morgan fingerprint density at radius 3 is 2.65 bits per heavy atom. The van der Waals surface area contributed by atoms with Crippen molar-refractivity contribution in [1.82, 2.24) is 10.2 Å². The molecule has 0 aliphatic carbocycles. The minimum atomic E-state index is -0.128. The van der Waals surface area contributed by atoms with Crippen LogP contribution in [0.4, 0.5) is 0 Å². The summed E-state index contributed by atoms with van der Waals surface area (Å²) in [6, 6.07) is 5.52. The molecule has 3 rings (SSSR count). The maximum absolute atomic E-state index is 12.6. The molecule has 1 fully saturated rings. The fourth-order valence-electron chi connectivity index (χ4n) is 2.82. The van der Waals surface area contributed by atoms with E-state index in [4.69, 9.17) is 0 Å². The number of hydrogen-bond donors (Lipinski definition) is 1. The molecule has 20 heavy (non-hydrogen) atoms. The summed E-state index contributed by atoms with van der Waals surface area (Å²) < 4.78 is 0. The van der Waals surface area contributed by atoms with Crippen molar-refractivity contribution in [3.63, 3.8) is 0 Å².